The lowest BCUT2D eigenvalue weighted by Crippen LogP contribution is -2.40. The summed E-state index contributed by atoms with van der Waals surface area (Å²) in [5.41, 5.74) is 2.20. The molecule has 0 bridgehead atoms. The molecular formula is C19H23FN4O. The van der Waals surface area contributed by atoms with E-state index in [1.54, 1.807) is 12.1 Å². The zero-order valence-electron chi connectivity index (χ0n) is 14.4. The average molecular weight is 342 g/mol. The van der Waals surface area contributed by atoms with Gasteiger partial charge >= 0.3 is 6.03 Å². The molecule has 0 spiro atoms. The molecule has 132 valence electrons. The van der Waals surface area contributed by atoms with Crippen molar-refractivity contribution in [1.29, 1.82) is 0 Å². The number of carbonyl (C=O) groups is 1. The second-order valence-electron chi connectivity index (χ2n) is 7.28. The first-order valence-electron chi connectivity index (χ1n) is 8.87. The molecule has 25 heavy (non-hydrogen) atoms. The summed E-state index contributed by atoms with van der Waals surface area (Å²) in [6.07, 6.45) is 6.82. The summed E-state index contributed by atoms with van der Waals surface area (Å²) in [5, 5.41) is 7.30. The summed E-state index contributed by atoms with van der Waals surface area (Å²) < 4.78 is 15.1. The number of nitrogens with one attached hydrogen (secondary N) is 1. The molecule has 2 aliphatic rings. The van der Waals surface area contributed by atoms with E-state index in [0.717, 1.165) is 37.9 Å². The van der Waals surface area contributed by atoms with Gasteiger partial charge in [-0.05, 0) is 48.4 Å². The third-order valence-corrected chi connectivity index (χ3v) is 5.23. The summed E-state index contributed by atoms with van der Waals surface area (Å²) in [6.45, 7) is 1.59. The summed E-state index contributed by atoms with van der Waals surface area (Å²) in [7, 11) is 1.92. The SMILES string of the molecule is Cn1cc(C[C@@H]2CCN(C(=O)N[C@@H]3C[C@@H]3c3cccc(F)c3)C2)cn1. The van der Waals surface area contributed by atoms with E-state index in [0.29, 0.717) is 5.92 Å². The van der Waals surface area contributed by atoms with Gasteiger partial charge in [0.05, 0.1) is 6.20 Å². The zero-order chi connectivity index (χ0) is 17.4. The minimum Gasteiger partial charge on any atom is -0.335 e. The molecule has 5 nitrogen and oxygen atoms in total. The first-order chi connectivity index (χ1) is 12.1. The number of aromatic nitrogens is 2. The fraction of sp³-hybridized carbons (Fsp3) is 0.474. The van der Waals surface area contributed by atoms with Crippen molar-refractivity contribution in [2.24, 2.45) is 13.0 Å². The van der Waals surface area contributed by atoms with Crippen molar-refractivity contribution in [3.8, 4) is 0 Å². The molecule has 1 aromatic heterocycles. The van der Waals surface area contributed by atoms with Crippen LogP contribution >= 0.6 is 0 Å². The van der Waals surface area contributed by atoms with E-state index in [1.165, 1.54) is 11.6 Å². The molecule has 1 saturated heterocycles. The van der Waals surface area contributed by atoms with Crippen molar-refractivity contribution in [3.05, 3.63) is 53.6 Å². The number of nitrogens with zero attached hydrogens (tertiary/aromatic N) is 3. The maximum absolute atomic E-state index is 13.3. The number of hydrogen-bond donors (Lipinski definition) is 1. The van der Waals surface area contributed by atoms with Crippen molar-refractivity contribution < 1.29 is 9.18 Å². The molecule has 3 atom stereocenters. The summed E-state index contributed by atoms with van der Waals surface area (Å²) in [4.78, 5) is 14.4. The van der Waals surface area contributed by atoms with E-state index in [-0.39, 0.29) is 23.8 Å². The first kappa shape index (κ1) is 16.1. The van der Waals surface area contributed by atoms with E-state index in [4.69, 9.17) is 0 Å². The Morgan fingerprint density at radius 2 is 2.32 bits per heavy atom. The van der Waals surface area contributed by atoms with E-state index >= 15 is 0 Å². The van der Waals surface area contributed by atoms with Crippen molar-refractivity contribution in [2.75, 3.05) is 13.1 Å². The van der Waals surface area contributed by atoms with Crippen LogP contribution in [0.15, 0.2) is 36.7 Å². The van der Waals surface area contributed by atoms with Crippen LogP contribution in [0, 0.1) is 11.7 Å². The summed E-state index contributed by atoms with van der Waals surface area (Å²) in [6, 6.07) is 6.82. The number of hydrogen-bond acceptors (Lipinski definition) is 2. The minimum atomic E-state index is -0.215. The third-order valence-electron chi connectivity index (χ3n) is 5.23. The molecule has 2 aromatic rings. The Kier molecular flexibility index (Phi) is 4.19. The summed E-state index contributed by atoms with van der Waals surface area (Å²) >= 11 is 0. The van der Waals surface area contributed by atoms with Crippen molar-refractivity contribution >= 4 is 6.03 Å². The number of rotatable bonds is 4. The van der Waals surface area contributed by atoms with Crippen LogP contribution in [0.5, 0.6) is 0 Å². The molecule has 4 rings (SSSR count). The Morgan fingerprint density at radius 3 is 3.08 bits per heavy atom. The number of urea groups is 1. The van der Waals surface area contributed by atoms with Gasteiger partial charge in [0.1, 0.15) is 5.82 Å². The van der Waals surface area contributed by atoms with Crippen LogP contribution in [0.25, 0.3) is 0 Å². The van der Waals surface area contributed by atoms with Gasteiger partial charge in [0.2, 0.25) is 0 Å². The van der Waals surface area contributed by atoms with Crippen LogP contribution in [0.2, 0.25) is 0 Å². The quantitative estimate of drug-likeness (QED) is 0.929. The maximum Gasteiger partial charge on any atom is 0.317 e. The molecule has 1 N–H and O–H groups in total. The highest BCUT2D eigenvalue weighted by molar-refractivity contribution is 5.75. The predicted octanol–water partition coefficient (Wildman–Crippen LogP) is 2.69. The van der Waals surface area contributed by atoms with Crippen molar-refractivity contribution in [3.63, 3.8) is 0 Å². The number of likely N-dealkylation sites (tertiary alicyclic amines) is 1. The van der Waals surface area contributed by atoms with E-state index < -0.39 is 0 Å². The normalized spacial score (nSPS) is 25.2. The van der Waals surface area contributed by atoms with Crippen LogP contribution in [0.4, 0.5) is 9.18 Å². The fourth-order valence-electron chi connectivity index (χ4n) is 3.80. The van der Waals surface area contributed by atoms with Gasteiger partial charge in [0.25, 0.3) is 0 Å². The highest BCUT2D eigenvalue weighted by Crippen LogP contribution is 2.41. The molecule has 2 fully saturated rings. The number of amides is 2. The number of carbonyl (C=O) groups excluding carboxylic acids is 1. The van der Waals surface area contributed by atoms with Gasteiger partial charge in [-0.25, -0.2) is 9.18 Å². The van der Waals surface area contributed by atoms with Gasteiger partial charge in [-0.2, -0.15) is 5.10 Å². The number of halogens is 1. The smallest absolute Gasteiger partial charge is 0.317 e. The summed E-state index contributed by atoms with van der Waals surface area (Å²) in [5.74, 6) is 0.522. The molecular weight excluding hydrogens is 319 g/mol. The number of aryl methyl sites for hydroxylation is 1. The molecule has 0 unspecified atom stereocenters. The Labute approximate surface area is 146 Å². The third kappa shape index (κ3) is 3.67. The van der Waals surface area contributed by atoms with Crippen LogP contribution in [-0.4, -0.2) is 39.8 Å². The highest BCUT2D eigenvalue weighted by atomic mass is 19.1. The minimum absolute atomic E-state index is 0.0117. The molecule has 2 amide bonds. The Morgan fingerprint density at radius 1 is 1.44 bits per heavy atom. The van der Waals surface area contributed by atoms with Crippen molar-refractivity contribution in [1.82, 2.24) is 20.0 Å². The highest BCUT2D eigenvalue weighted by Gasteiger charge is 2.41. The maximum atomic E-state index is 13.3. The van der Waals surface area contributed by atoms with Crippen LogP contribution < -0.4 is 5.32 Å². The lowest BCUT2D eigenvalue weighted by Gasteiger charge is -2.17. The largest absolute Gasteiger partial charge is 0.335 e. The fourth-order valence-corrected chi connectivity index (χ4v) is 3.80. The topological polar surface area (TPSA) is 50.2 Å². The lowest BCUT2D eigenvalue weighted by molar-refractivity contribution is 0.206. The van der Waals surface area contributed by atoms with Gasteiger partial charge in [0, 0.05) is 38.3 Å². The monoisotopic (exact) mass is 342 g/mol. The van der Waals surface area contributed by atoms with Gasteiger partial charge in [-0.3, -0.25) is 4.68 Å². The molecule has 0 radical (unpaired) electrons. The van der Waals surface area contributed by atoms with Gasteiger partial charge < -0.3 is 10.2 Å². The lowest BCUT2D eigenvalue weighted by atomic mass is 10.0. The molecule has 1 aliphatic carbocycles. The van der Waals surface area contributed by atoms with Gasteiger partial charge in [-0.1, -0.05) is 12.1 Å². The molecule has 1 aliphatic heterocycles. The molecule has 1 saturated carbocycles. The first-order valence-corrected chi connectivity index (χ1v) is 8.87. The Balaban J connectivity index is 1.27. The van der Waals surface area contributed by atoms with Crippen LogP contribution in [0.3, 0.4) is 0 Å². The Hall–Kier alpha value is -2.37. The second-order valence-corrected chi connectivity index (χ2v) is 7.28. The molecule has 1 aromatic carbocycles. The zero-order valence-corrected chi connectivity index (χ0v) is 14.4. The Bertz CT molecular complexity index is 774. The van der Waals surface area contributed by atoms with Gasteiger partial charge in [0.15, 0.2) is 0 Å². The van der Waals surface area contributed by atoms with Crippen LogP contribution in [0.1, 0.15) is 29.9 Å². The number of benzene rings is 1. The van der Waals surface area contributed by atoms with E-state index in [1.807, 2.05) is 35.1 Å². The second kappa shape index (κ2) is 6.50. The standard InChI is InChI=1S/C19H23FN4O/c1-23-11-14(10-21-23)7-13-5-6-24(12-13)19(25)22-18-9-17(18)15-3-2-4-16(20)8-15/h2-4,8,10-11,13,17-18H,5-7,9,12H2,1H3,(H,22,25)/t13-,17+,18+/m0/s1. The molecule has 6 heteroatoms. The van der Waals surface area contributed by atoms with E-state index in [9.17, 15) is 9.18 Å². The average Bonchev–Trinajstić information content (AvgIpc) is 2.98. The van der Waals surface area contributed by atoms with Gasteiger partial charge in [-0.15, -0.1) is 0 Å². The predicted molar refractivity (Wildman–Crippen MR) is 92.7 cm³/mol. The molecule has 2 heterocycles. The van der Waals surface area contributed by atoms with Crippen LogP contribution in [-0.2, 0) is 13.5 Å². The van der Waals surface area contributed by atoms with Crippen molar-refractivity contribution in [2.45, 2.75) is 31.2 Å². The van der Waals surface area contributed by atoms with E-state index in [2.05, 4.69) is 10.4 Å².